The van der Waals surface area contributed by atoms with Crippen molar-refractivity contribution in [3.05, 3.63) is 52.4 Å². The van der Waals surface area contributed by atoms with Crippen LogP contribution in [-0.4, -0.2) is 14.8 Å². The van der Waals surface area contributed by atoms with Crippen LogP contribution in [0.25, 0.3) is 10.9 Å². The van der Waals surface area contributed by atoms with Gasteiger partial charge in [0.15, 0.2) is 5.82 Å². The van der Waals surface area contributed by atoms with Crippen molar-refractivity contribution in [3.8, 4) is 0 Å². The van der Waals surface area contributed by atoms with Gasteiger partial charge in [-0.05, 0) is 36.6 Å². The Balaban J connectivity index is 1.78. The van der Waals surface area contributed by atoms with E-state index >= 15 is 0 Å². The first-order valence-electron chi connectivity index (χ1n) is 8.92. The molecule has 130 valence electrons. The van der Waals surface area contributed by atoms with Gasteiger partial charge >= 0.3 is 0 Å². The lowest BCUT2D eigenvalue weighted by molar-refractivity contribution is 0.338. The fourth-order valence-corrected chi connectivity index (χ4v) is 3.70. The number of hydrogen-bond donors (Lipinski definition) is 3. The Morgan fingerprint density at radius 2 is 2.08 bits per heavy atom. The van der Waals surface area contributed by atoms with Gasteiger partial charge in [-0.15, -0.1) is 0 Å². The summed E-state index contributed by atoms with van der Waals surface area (Å²) in [6.07, 6.45) is 7.65. The Bertz CT molecular complexity index is 936. The summed E-state index contributed by atoms with van der Waals surface area (Å²) in [5.41, 5.74) is 8.44. The fourth-order valence-electron chi connectivity index (χ4n) is 3.70. The van der Waals surface area contributed by atoms with Gasteiger partial charge in [0.05, 0.1) is 11.6 Å². The number of benzene rings is 1. The molecule has 6 nitrogen and oxygen atoms in total. The lowest BCUT2D eigenvalue weighted by Crippen LogP contribution is -2.14. The average molecular weight is 337 g/mol. The minimum Gasteiger partial charge on any atom is -0.338 e. The van der Waals surface area contributed by atoms with Gasteiger partial charge in [0.2, 0.25) is 0 Å². The number of hydrogen-bond acceptors (Lipinski definition) is 4. The molecule has 1 fully saturated rings. The quantitative estimate of drug-likeness (QED) is 0.680. The van der Waals surface area contributed by atoms with Crippen molar-refractivity contribution in [3.63, 3.8) is 0 Å². The molecule has 0 spiro atoms. The number of nitrogens with zero attached hydrogens (tertiary/aromatic N) is 2. The minimum absolute atomic E-state index is 0.114. The molecular formula is C19H23N5O. The maximum absolute atomic E-state index is 12.4. The van der Waals surface area contributed by atoms with Crippen LogP contribution in [0.1, 0.15) is 43.7 Å². The first-order chi connectivity index (χ1) is 12.3. The summed E-state index contributed by atoms with van der Waals surface area (Å²) in [5, 5.41) is 8.71. The summed E-state index contributed by atoms with van der Waals surface area (Å²) in [6, 6.07) is 10.2. The fraction of sp³-hybridized carbons (Fsp3) is 0.368. The zero-order valence-electron chi connectivity index (χ0n) is 14.2. The molecule has 4 N–H and O–H groups in total. The minimum atomic E-state index is -0.114. The normalized spacial score (nSPS) is 15.6. The number of aromatic amines is 1. The second kappa shape index (κ2) is 6.72. The number of rotatable bonds is 4. The highest BCUT2D eigenvalue weighted by Gasteiger charge is 2.21. The predicted octanol–water partition coefficient (Wildman–Crippen LogP) is 3.43. The lowest BCUT2D eigenvalue weighted by atomic mass is 9.95. The van der Waals surface area contributed by atoms with Gasteiger partial charge in [0.25, 0.3) is 5.56 Å². The van der Waals surface area contributed by atoms with Gasteiger partial charge in [0.1, 0.15) is 5.39 Å². The van der Waals surface area contributed by atoms with E-state index in [0.29, 0.717) is 23.8 Å². The summed E-state index contributed by atoms with van der Waals surface area (Å²) < 4.78 is 2.04. The van der Waals surface area contributed by atoms with Crippen LogP contribution in [-0.2, 0) is 6.54 Å². The van der Waals surface area contributed by atoms with Crippen molar-refractivity contribution >= 4 is 22.4 Å². The van der Waals surface area contributed by atoms with Gasteiger partial charge in [-0.1, -0.05) is 31.4 Å². The van der Waals surface area contributed by atoms with Crippen molar-refractivity contribution in [2.45, 2.75) is 44.7 Å². The van der Waals surface area contributed by atoms with Crippen molar-refractivity contribution in [2.75, 3.05) is 5.32 Å². The van der Waals surface area contributed by atoms with E-state index in [1.165, 1.54) is 19.3 Å². The Kier molecular flexibility index (Phi) is 4.28. The largest absolute Gasteiger partial charge is 0.338 e. The summed E-state index contributed by atoms with van der Waals surface area (Å²) in [4.78, 5) is 15.2. The van der Waals surface area contributed by atoms with E-state index in [2.05, 4.69) is 10.3 Å². The van der Waals surface area contributed by atoms with Gasteiger partial charge in [0, 0.05) is 18.4 Å². The van der Waals surface area contributed by atoms with Crippen LogP contribution in [0, 0.1) is 0 Å². The lowest BCUT2D eigenvalue weighted by Gasteiger charge is -2.22. The third kappa shape index (κ3) is 3.05. The van der Waals surface area contributed by atoms with E-state index in [9.17, 15) is 4.79 Å². The maximum Gasteiger partial charge on any atom is 0.261 e. The Morgan fingerprint density at radius 1 is 1.24 bits per heavy atom. The zero-order valence-corrected chi connectivity index (χ0v) is 14.2. The van der Waals surface area contributed by atoms with Crippen LogP contribution in [0.5, 0.6) is 0 Å². The summed E-state index contributed by atoms with van der Waals surface area (Å²) in [6.45, 7) is 0.480. The number of nitrogens with one attached hydrogen (secondary N) is 2. The van der Waals surface area contributed by atoms with Crippen molar-refractivity contribution < 1.29 is 0 Å². The highest BCUT2D eigenvalue weighted by atomic mass is 16.1. The second-order valence-corrected chi connectivity index (χ2v) is 6.68. The average Bonchev–Trinajstić information content (AvgIpc) is 3.02. The van der Waals surface area contributed by atoms with Crippen molar-refractivity contribution in [1.82, 2.24) is 14.8 Å². The Hall–Kier alpha value is -2.60. The molecule has 0 radical (unpaired) electrons. The molecule has 2 aromatic heterocycles. The molecule has 0 saturated heterocycles. The molecule has 1 saturated carbocycles. The van der Waals surface area contributed by atoms with Gasteiger partial charge in [-0.3, -0.25) is 9.48 Å². The van der Waals surface area contributed by atoms with Crippen LogP contribution < -0.4 is 16.6 Å². The summed E-state index contributed by atoms with van der Waals surface area (Å²) in [5.74, 6) is 0.608. The molecule has 6 heteroatoms. The molecule has 0 aliphatic heterocycles. The van der Waals surface area contributed by atoms with Crippen LogP contribution in [0.3, 0.4) is 0 Å². The smallest absolute Gasteiger partial charge is 0.261 e. The number of H-pyrrole nitrogens is 1. The van der Waals surface area contributed by atoms with E-state index in [0.717, 1.165) is 29.6 Å². The number of aromatic nitrogens is 3. The molecule has 1 aromatic carbocycles. The molecule has 1 aliphatic carbocycles. The monoisotopic (exact) mass is 337 g/mol. The van der Waals surface area contributed by atoms with E-state index in [1.54, 1.807) is 6.20 Å². The van der Waals surface area contributed by atoms with Crippen LogP contribution in [0.15, 0.2) is 41.3 Å². The molecule has 3 aromatic rings. The predicted molar refractivity (Wildman–Crippen MR) is 100 cm³/mol. The SMILES string of the molecule is NCc1cccc(Nc2nn(C3CCCCC3)c3cc[nH]c(=O)c23)c1. The molecule has 2 heterocycles. The molecule has 0 amide bonds. The maximum atomic E-state index is 12.4. The standard InChI is InChI=1S/C19H23N5O/c20-12-13-5-4-6-14(11-13)22-18-17-16(9-10-21-19(17)25)24(23-18)15-7-2-1-3-8-15/h4-6,9-11,15H,1-3,7-8,12,20H2,(H,21,25)(H,22,23). The first kappa shape index (κ1) is 15.9. The Morgan fingerprint density at radius 3 is 2.88 bits per heavy atom. The molecular weight excluding hydrogens is 314 g/mol. The number of fused-ring (bicyclic) bond motifs is 1. The molecule has 4 rings (SSSR count). The van der Waals surface area contributed by atoms with Gasteiger partial charge in [-0.2, -0.15) is 5.10 Å². The van der Waals surface area contributed by atoms with Gasteiger partial charge < -0.3 is 16.0 Å². The third-order valence-electron chi connectivity index (χ3n) is 4.98. The van der Waals surface area contributed by atoms with Crippen LogP contribution in [0.4, 0.5) is 11.5 Å². The van der Waals surface area contributed by atoms with E-state index in [-0.39, 0.29) is 5.56 Å². The zero-order chi connectivity index (χ0) is 17.2. The molecule has 0 atom stereocenters. The number of pyridine rings is 1. The highest BCUT2D eigenvalue weighted by Crippen LogP contribution is 2.32. The molecule has 0 unspecified atom stereocenters. The second-order valence-electron chi connectivity index (χ2n) is 6.68. The third-order valence-corrected chi connectivity index (χ3v) is 4.98. The van der Waals surface area contributed by atoms with E-state index < -0.39 is 0 Å². The van der Waals surface area contributed by atoms with Crippen molar-refractivity contribution in [1.29, 1.82) is 0 Å². The Labute approximate surface area is 146 Å². The van der Waals surface area contributed by atoms with Crippen LogP contribution in [0.2, 0.25) is 0 Å². The van der Waals surface area contributed by atoms with E-state index in [1.807, 2.05) is 35.0 Å². The molecule has 1 aliphatic rings. The number of nitrogens with two attached hydrogens (primary N) is 1. The number of anilines is 2. The van der Waals surface area contributed by atoms with Crippen LogP contribution >= 0.6 is 0 Å². The van der Waals surface area contributed by atoms with Crippen molar-refractivity contribution in [2.24, 2.45) is 5.73 Å². The summed E-state index contributed by atoms with van der Waals surface area (Å²) in [7, 11) is 0. The summed E-state index contributed by atoms with van der Waals surface area (Å²) >= 11 is 0. The van der Waals surface area contributed by atoms with Gasteiger partial charge in [-0.25, -0.2) is 0 Å². The molecule has 0 bridgehead atoms. The highest BCUT2D eigenvalue weighted by molar-refractivity contribution is 5.91. The molecule has 25 heavy (non-hydrogen) atoms. The topological polar surface area (TPSA) is 88.7 Å². The van der Waals surface area contributed by atoms with E-state index in [4.69, 9.17) is 10.8 Å². The first-order valence-corrected chi connectivity index (χ1v) is 8.92.